The molecule has 20 heavy (non-hydrogen) atoms. The summed E-state index contributed by atoms with van der Waals surface area (Å²) >= 11 is 0. The van der Waals surface area contributed by atoms with E-state index >= 15 is 0 Å². The fourth-order valence-corrected chi connectivity index (χ4v) is 1.50. The van der Waals surface area contributed by atoms with Crippen LogP contribution in [0.2, 0.25) is 0 Å². The summed E-state index contributed by atoms with van der Waals surface area (Å²) < 4.78 is 0. The Bertz CT molecular complexity index is 460. The van der Waals surface area contributed by atoms with E-state index in [1.54, 1.807) is 13.1 Å². The number of carbonyl (C=O) groups is 3. The zero-order valence-electron chi connectivity index (χ0n) is 11.4. The molecule has 0 spiro atoms. The van der Waals surface area contributed by atoms with Crippen molar-refractivity contribution >= 4 is 18.1 Å². The number of nitrogens with two attached hydrogens (primary N) is 1. The first-order valence-electron chi connectivity index (χ1n) is 6.23. The molecule has 1 aromatic rings. The van der Waals surface area contributed by atoms with E-state index in [2.05, 4.69) is 20.6 Å². The van der Waals surface area contributed by atoms with Crippen LogP contribution in [0.3, 0.4) is 0 Å². The Labute approximate surface area is 116 Å². The van der Waals surface area contributed by atoms with Crippen LogP contribution in [0.1, 0.15) is 19.5 Å². The number of rotatable bonds is 7. The minimum absolute atomic E-state index is 0.297. The molecule has 3 atom stereocenters. The van der Waals surface area contributed by atoms with Gasteiger partial charge in [0, 0.05) is 18.3 Å². The molecule has 0 unspecified atom stereocenters. The van der Waals surface area contributed by atoms with Crippen LogP contribution in [0.25, 0.3) is 0 Å². The van der Waals surface area contributed by atoms with Crippen molar-refractivity contribution in [2.75, 3.05) is 0 Å². The Hall–Kier alpha value is -2.22. The Morgan fingerprint density at radius 2 is 2.10 bits per heavy atom. The van der Waals surface area contributed by atoms with Crippen LogP contribution in [0.15, 0.2) is 12.5 Å². The average Bonchev–Trinajstić information content (AvgIpc) is 2.90. The summed E-state index contributed by atoms with van der Waals surface area (Å²) in [6.45, 7) is 3.07. The van der Waals surface area contributed by atoms with Gasteiger partial charge in [-0.3, -0.25) is 9.59 Å². The lowest BCUT2D eigenvalue weighted by Crippen LogP contribution is -2.52. The normalized spacial score (nSPS) is 14.9. The number of aldehydes is 1. The summed E-state index contributed by atoms with van der Waals surface area (Å²) in [5.74, 6) is -0.882. The van der Waals surface area contributed by atoms with E-state index in [1.165, 1.54) is 13.3 Å². The molecule has 0 aromatic carbocycles. The number of hydrogen-bond donors (Lipinski definition) is 4. The summed E-state index contributed by atoms with van der Waals surface area (Å²) in [5, 5.41) is 4.94. The van der Waals surface area contributed by atoms with Gasteiger partial charge < -0.3 is 26.1 Å². The molecule has 0 saturated heterocycles. The number of nitrogens with zero attached hydrogens (tertiary/aromatic N) is 1. The van der Waals surface area contributed by atoms with Gasteiger partial charge in [-0.1, -0.05) is 0 Å². The van der Waals surface area contributed by atoms with Crippen LogP contribution in [0.4, 0.5) is 0 Å². The zero-order chi connectivity index (χ0) is 15.1. The van der Waals surface area contributed by atoms with Crippen LogP contribution in [0.5, 0.6) is 0 Å². The maximum absolute atomic E-state index is 11.8. The molecule has 0 bridgehead atoms. The van der Waals surface area contributed by atoms with E-state index in [0.717, 1.165) is 5.69 Å². The van der Waals surface area contributed by atoms with Crippen LogP contribution in [-0.2, 0) is 20.8 Å². The van der Waals surface area contributed by atoms with Gasteiger partial charge in [0.25, 0.3) is 0 Å². The molecule has 1 rings (SSSR count). The molecular weight excluding hydrogens is 262 g/mol. The molecular formula is C12H19N5O3. The molecule has 2 amide bonds. The number of imidazole rings is 1. The maximum atomic E-state index is 11.8. The molecule has 1 aromatic heterocycles. The Morgan fingerprint density at radius 3 is 2.65 bits per heavy atom. The number of aromatic amines is 1. The Balaban J connectivity index is 2.44. The van der Waals surface area contributed by atoms with E-state index in [-0.39, 0.29) is 0 Å². The van der Waals surface area contributed by atoms with E-state index in [9.17, 15) is 14.4 Å². The smallest absolute Gasteiger partial charge is 0.242 e. The van der Waals surface area contributed by atoms with Crippen LogP contribution in [0, 0.1) is 0 Å². The molecule has 0 aliphatic rings. The molecule has 110 valence electrons. The third-order valence-electron chi connectivity index (χ3n) is 2.66. The number of aromatic nitrogens is 2. The predicted octanol–water partition coefficient (Wildman–Crippen LogP) is -1.51. The van der Waals surface area contributed by atoms with Crippen molar-refractivity contribution in [3.63, 3.8) is 0 Å². The van der Waals surface area contributed by atoms with Gasteiger partial charge in [-0.05, 0) is 13.8 Å². The number of hydrogen-bond acceptors (Lipinski definition) is 5. The Kier molecular flexibility index (Phi) is 5.85. The lowest BCUT2D eigenvalue weighted by Gasteiger charge is -2.18. The highest BCUT2D eigenvalue weighted by atomic mass is 16.2. The molecule has 1 heterocycles. The van der Waals surface area contributed by atoms with Gasteiger partial charge in [0.2, 0.25) is 11.8 Å². The summed E-state index contributed by atoms with van der Waals surface area (Å²) in [7, 11) is 0. The minimum Gasteiger partial charge on any atom is -0.348 e. The van der Waals surface area contributed by atoms with E-state index in [0.29, 0.717) is 12.7 Å². The van der Waals surface area contributed by atoms with Gasteiger partial charge in [0.15, 0.2) is 0 Å². The molecule has 0 radical (unpaired) electrons. The van der Waals surface area contributed by atoms with Crippen molar-refractivity contribution in [1.82, 2.24) is 20.6 Å². The van der Waals surface area contributed by atoms with Crippen LogP contribution < -0.4 is 16.4 Å². The quantitative estimate of drug-likeness (QED) is 0.451. The van der Waals surface area contributed by atoms with Crippen LogP contribution >= 0.6 is 0 Å². The highest BCUT2D eigenvalue weighted by molar-refractivity contribution is 5.90. The van der Waals surface area contributed by atoms with E-state index in [1.807, 2.05) is 0 Å². The highest BCUT2D eigenvalue weighted by Gasteiger charge is 2.21. The third-order valence-corrected chi connectivity index (χ3v) is 2.66. The van der Waals surface area contributed by atoms with Crippen molar-refractivity contribution in [3.05, 3.63) is 18.2 Å². The second-order valence-electron chi connectivity index (χ2n) is 4.55. The van der Waals surface area contributed by atoms with Crippen molar-refractivity contribution < 1.29 is 14.4 Å². The van der Waals surface area contributed by atoms with Gasteiger partial charge in [-0.15, -0.1) is 0 Å². The van der Waals surface area contributed by atoms with Gasteiger partial charge >= 0.3 is 0 Å². The minimum atomic E-state index is -0.783. The first-order chi connectivity index (χ1) is 9.43. The Morgan fingerprint density at radius 1 is 1.40 bits per heavy atom. The molecule has 5 N–H and O–H groups in total. The molecule has 0 aliphatic carbocycles. The number of nitrogens with one attached hydrogen (secondary N) is 3. The summed E-state index contributed by atoms with van der Waals surface area (Å²) in [5.41, 5.74) is 6.47. The van der Waals surface area contributed by atoms with Gasteiger partial charge in [0.1, 0.15) is 12.3 Å². The summed E-state index contributed by atoms with van der Waals surface area (Å²) in [4.78, 5) is 40.6. The predicted molar refractivity (Wildman–Crippen MR) is 71.5 cm³/mol. The number of carbonyl (C=O) groups excluding carboxylic acids is 3. The van der Waals surface area contributed by atoms with E-state index in [4.69, 9.17) is 5.73 Å². The van der Waals surface area contributed by atoms with Crippen molar-refractivity contribution in [3.8, 4) is 0 Å². The molecule has 8 heteroatoms. The molecule has 8 nitrogen and oxygen atoms in total. The standard InChI is InChI=1S/C12H19N5O3/c1-7(5-18)16-11(19)8(2)17-12(20)10(13)3-9-4-14-6-15-9/h4-8,10H,3,13H2,1-2H3,(H,14,15)(H,16,19)(H,17,20)/t7-,8-,10-/m0/s1. The fraction of sp³-hybridized carbons (Fsp3) is 0.500. The monoisotopic (exact) mass is 281 g/mol. The summed E-state index contributed by atoms with van der Waals surface area (Å²) in [6, 6.07) is -2.15. The van der Waals surface area contributed by atoms with Crippen molar-refractivity contribution in [2.45, 2.75) is 38.4 Å². The lowest BCUT2D eigenvalue weighted by atomic mass is 10.1. The molecule has 0 aliphatic heterocycles. The number of amides is 2. The van der Waals surface area contributed by atoms with E-state index < -0.39 is 29.9 Å². The van der Waals surface area contributed by atoms with Crippen molar-refractivity contribution in [1.29, 1.82) is 0 Å². The zero-order valence-corrected chi connectivity index (χ0v) is 11.4. The third kappa shape index (κ3) is 4.81. The van der Waals surface area contributed by atoms with Crippen molar-refractivity contribution in [2.24, 2.45) is 5.73 Å². The molecule has 0 fully saturated rings. The maximum Gasteiger partial charge on any atom is 0.242 e. The number of H-pyrrole nitrogens is 1. The highest BCUT2D eigenvalue weighted by Crippen LogP contribution is 1.97. The first kappa shape index (κ1) is 15.8. The SMILES string of the molecule is C[C@H](NC(=O)[C@@H](N)Cc1cnc[nH]1)C(=O)N[C@@H](C)C=O. The second-order valence-corrected chi connectivity index (χ2v) is 4.55. The fourth-order valence-electron chi connectivity index (χ4n) is 1.50. The van der Waals surface area contributed by atoms with Gasteiger partial charge in [-0.2, -0.15) is 0 Å². The second kappa shape index (κ2) is 7.39. The summed E-state index contributed by atoms with van der Waals surface area (Å²) in [6.07, 6.45) is 3.98. The van der Waals surface area contributed by atoms with Gasteiger partial charge in [0.05, 0.1) is 18.4 Å². The lowest BCUT2D eigenvalue weighted by molar-refractivity contribution is -0.130. The largest absolute Gasteiger partial charge is 0.348 e. The van der Waals surface area contributed by atoms with Gasteiger partial charge in [-0.25, -0.2) is 4.98 Å². The van der Waals surface area contributed by atoms with Crippen LogP contribution in [-0.4, -0.2) is 46.2 Å². The first-order valence-corrected chi connectivity index (χ1v) is 6.23. The average molecular weight is 281 g/mol. The molecule has 0 saturated carbocycles. The topological polar surface area (TPSA) is 130 Å².